The maximum Gasteiger partial charge on any atom is 0.0199 e. The van der Waals surface area contributed by atoms with Crippen LogP contribution in [0.1, 0.15) is 46.5 Å². The molecule has 0 N–H and O–H groups in total. The smallest absolute Gasteiger partial charge is 0.0199 e. The molecule has 0 bridgehead atoms. The molecule has 0 aromatic rings. The summed E-state index contributed by atoms with van der Waals surface area (Å²) in [6.07, 6.45) is 20.3. The molecule has 18 heavy (non-hydrogen) atoms. The van der Waals surface area contributed by atoms with Gasteiger partial charge in [0.2, 0.25) is 0 Å². The SMILES string of the molecule is C=C/C(=C\C=C/C)C1(C(/C=C\C)=C/C)CCCC1. The van der Waals surface area contributed by atoms with Gasteiger partial charge in [0, 0.05) is 5.41 Å². The zero-order valence-corrected chi connectivity index (χ0v) is 12.1. The fourth-order valence-corrected chi connectivity index (χ4v) is 3.06. The third-order valence-corrected chi connectivity index (χ3v) is 3.91. The Morgan fingerprint density at radius 3 is 2.11 bits per heavy atom. The summed E-state index contributed by atoms with van der Waals surface area (Å²) in [6.45, 7) is 10.3. The minimum Gasteiger partial charge on any atom is -0.0988 e. The maximum absolute atomic E-state index is 4.03. The molecular formula is C18H26. The second-order valence-electron chi connectivity index (χ2n) is 4.89. The standard InChI is InChI=1S/C18H26/c1-5-9-13-17(8-4)18(14-10-11-15-18)16(7-3)12-6-2/h5-9,12-13H,4,10-11,14-15H2,1-3H3/b9-5-,12-6-,16-7+,17-13+. The highest BCUT2D eigenvalue weighted by atomic mass is 14.4. The topological polar surface area (TPSA) is 0 Å². The summed E-state index contributed by atoms with van der Waals surface area (Å²) < 4.78 is 0. The van der Waals surface area contributed by atoms with E-state index >= 15 is 0 Å². The highest BCUT2D eigenvalue weighted by Gasteiger charge is 2.37. The van der Waals surface area contributed by atoms with E-state index in [1.165, 1.54) is 36.8 Å². The molecule has 1 saturated carbocycles. The van der Waals surface area contributed by atoms with Crippen LogP contribution in [0.25, 0.3) is 0 Å². The van der Waals surface area contributed by atoms with Crippen molar-refractivity contribution in [1.29, 1.82) is 0 Å². The van der Waals surface area contributed by atoms with Crippen LogP contribution in [0.5, 0.6) is 0 Å². The van der Waals surface area contributed by atoms with E-state index in [-0.39, 0.29) is 5.41 Å². The van der Waals surface area contributed by atoms with Gasteiger partial charge in [-0.25, -0.2) is 0 Å². The fourth-order valence-electron chi connectivity index (χ4n) is 3.06. The molecule has 0 spiro atoms. The summed E-state index contributed by atoms with van der Waals surface area (Å²) in [7, 11) is 0. The summed E-state index contributed by atoms with van der Waals surface area (Å²) in [4.78, 5) is 0. The summed E-state index contributed by atoms with van der Waals surface area (Å²) >= 11 is 0. The molecule has 0 heterocycles. The van der Waals surface area contributed by atoms with Gasteiger partial charge in [-0.15, -0.1) is 0 Å². The third kappa shape index (κ3) is 2.93. The predicted octanol–water partition coefficient (Wildman–Crippen LogP) is 5.76. The van der Waals surface area contributed by atoms with Crippen molar-refractivity contribution in [1.82, 2.24) is 0 Å². The lowest BCUT2D eigenvalue weighted by molar-refractivity contribution is 0.466. The van der Waals surface area contributed by atoms with E-state index in [4.69, 9.17) is 0 Å². The summed E-state index contributed by atoms with van der Waals surface area (Å²) in [6, 6.07) is 0. The van der Waals surface area contributed by atoms with Gasteiger partial charge < -0.3 is 0 Å². The molecule has 0 aliphatic heterocycles. The molecule has 0 aromatic carbocycles. The van der Waals surface area contributed by atoms with Crippen LogP contribution in [0.15, 0.2) is 60.3 Å². The average Bonchev–Trinajstić information content (AvgIpc) is 2.87. The minimum absolute atomic E-state index is 0.197. The molecule has 0 radical (unpaired) electrons. The van der Waals surface area contributed by atoms with Crippen molar-refractivity contribution in [3.63, 3.8) is 0 Å². The van der Waals surface area contributed by atoms with Crippen molar-refractivity contribution in [2.24, 2.45) is 5.41 Å². The highest BCUT2D eigenvalue weighted by Crippen LogP contribution is 2.50. The van der Waals surface area contributed by atoms with E-state index in [9.17, 15) is 0 Å². The number of rotatable bonds is 5. The lowest BCUT2D eigenvalue weighted by Crippen LogP contribution is -2.20. The van der Waals surface area contributed by atoms with Gasteiger partial charge in [-0.2, -0.15) is 0 Å². The van der Waals surface area contributed by atoms with E-state index in [0.29, 0.717) is 0 Å². The van der Waals surface area contributed by atoms with Gasteiger partial charge in [0.1, 0.15) is 0 Å². The van der Waals surface area contributed by atoms with Crippen LogP contribution >= 0.6 is 0 Å². The molecule has 1 aliphatic carbocycles. The normalized spacial score (nSPS) is 21.1. The number of hydrogen-bond acceptors (Lipinski definition) is 0. The van der Waals surface area contributed by atoms with Crippen molar-refractivity contribution in [3.05, 3.63) is 60.3 Å². The maximum atomic E-state index is 4.03. The molecular weight excluding hydrogens is 216 g/mol. The fraction of sp³-hybridized carbons (Fsp3) is 0.444. The first-order valence-corrected chi connectivity index (χ1v) is 7.00. The highest BCUT2D eigenvalue weighted by molar-refractivity contribution is 5.43. The van der Waals surface area contributed by atoms with Gasteiger partial charge in [0.05, 0.1) is 0 Å². The van der Waals surface area contributed by atoms with Crippen LogP contribution in [0.2, 0.25) is 0 Å². The van der Waals surface area contributed by atoms with Gasteiger partial charge in [0.15, 0.2) is 0 Å². The van der Waals surface area contributed by atoms with Crippen LogP contribution in [0.4, 0.5) is 0 Å². The van der Waals surface area contributed by atoms with Gasteiger partial charge in [-0.1, -0.05) is 62.0 Å². The van der Waals surface area contributed by atoms with Crippen molar-refractivity contribution >= 4 is 0 Å². The van der Waals surface area contributed by atoms with Crippen LogP contribution in [0, 0.1) is 5.41 Å². The van der Waals surface area contributed by atoms with Crippen molar-refractivity contribution in [2.45, 2.75) is 46.5 Å². The molecule has 1 rings (SSSR count). The summed E-state index contributed by atoms with van der Waals surface area (Å²) in [5.74, 6) is 0. The summed E-state index contributed by atoms with van der Waals surface area (Å²) in [5.41, 5.74) is 3.00. The molecule has 0 saturated heterocycles. The Kier molecular flexibility index (Phi) is 5.91. The van der Waals surface area contributed by atoms with E-state index < -0.39 is 0 Å². The quantitative estimate of drug-likeness (QED) is 0.538. The Morgan fingerprint density at radius 2 is 1.67 bits per heavy atom. The van der Waals surface area contributed by atoms with Gasteiger partial charge in [-0.3, -0.25) is 0 Å². The van der Waals surface area contributed by atoms with Crippen LogP contribution in [-0.2, 0) is 0 Å². The van der Waals surface area contributed by atoms with Gasteiger partial charge in [0.25, 0.3) is 0 Å². The second-order valence-corrected chi connectivity index (χ2v) is 4.89. The molecule has 98 valence electrons. The first-order chi connectivity index (χ1) is 8.75. The first-order valence-electron chi connectivity index (χ1n) is 7.00. The molecule has 0 amide bonds. The minimum atomic E-state index is 0.197. The zero-order valence-electron chi connectivity index (χ0n) is 12.1. The largest absolute Gasteiger partial charge is 0.0988 e. The second kappa shape index (κ2) is 7.20. The number of allylic oxidation sites excluding steroid dienone is 9. The first kappa shape index (κ1) is 14.8. The molecule has 0 atom stereocenters. The van der Waals surface area contributed by atoms with Crippen molar-refractivity contribution in [2.75, 3.05) is 0 Å². The number of hydrogen-bond donors (Lipinski definition) is 0. The van der Waals surface area contributed by atoms with Gasteiger partial charge in [-0.05, 0) is 44.8 Å². The Hall–Kier alpha value is -1.30. The predicted molar refractivity (Wildman–Crippen MR) is 82.6 cm³/mol. The Balaban J connectivity index is 3.25. The van der Waals surface area contributed by atoms with Crippen molar-refractivity contribution in [3.8, 4) is 0 Å². The lowest BCUT2D eigenvalue weighted by atomic mass is 9.71. The van der Waals surface area contributed by atoms with E-state index in [0.717, 1.165) is 0 Å². The molecule has 0 nitrogen and oxygen atoms in total. The summed E-state index contributed by atoms with van der Waals surface area (Å²) in [5, 5.41) is 0. The molecule has 0 heteroatoms. The lowest BCUT2D eigenvalue weighted by Gasteiger charge is -2.32. The Labute approximate surface area is 112 Å². The van der Waals surface area contributed by atoms with E-state index in [2.05, 4.69) is 63.8 Å². The van der Waals surface area contributed by atoms with Crippen LogP contribution < -0.4 is 0 Å². The van der Waals surface area contributed by atoms with Crippen molar-refractivity contribution < 1.29 is 0 Å². The van der Waals surface area contributed by atoms with E-state index in [1.54, 1.807) is 0 Å². The Morgan fingerprint density at radius 1 is 1.00 bits per heavy atom. The van der Waals surface area contributed by atoms with Crippen LogP contribution in [-0.4, -0.2) is 0 Å². The van der Waals surface area contributed by atoms with Crippen LogP contribution in [0.3, 0.4) is 0 Å². The molecule has 0 unspecified atom stereocenters. The van der Waals surface area contributed by atoms with E-state index in [1.807, 2.05) is 6.08 Å². The zero-order chi connectivity index (χ0) is 13.4. The Bertz CT molecular complexity index is 382. The molecule has 0 aromatic heterocycles. The average molecular weight is 242 g/mol. The monoisotopic (exact) mass is 242 g/mol. The molecule has 1 aliphatic rings. The van der Waals surface area contributed by atoms with Gasteiger partial charge >= 0.3 is 0 Å². The third-order valence-electron chi connectivity index (χ3n) is 3.91. The molecule has 1 fully saturated rings.